The van der Waals surface area contributed by atoms with Crippen LogP contribution in [0.3, 0.4) is 0 Å². The van der Waals surface area contributed by atoms with Crippen molar-refractivity contribution in [2.24, 2.45) is 11.8 Å². The lowest BCUT2D eigenvalue weighted by Crippen LogP contribution is -2.30. The molecule has 17 nitrogen and oxygen atoms in total. The fourth-order valence-electron chi connectivity index (χ4n) is 11.3. The highest BCUT2D eigenvalue weighted by molar-refractivity contribution is 7.47. The summed E-state index contributed by atoms with van der Waals surface area (Å²) in [7, 11) is -9.90. The molecular weight excluding hydrogens is 1220 g/mol. The number of phosphoric ester groups is 2. The van der Waals surface area contributed by atoms with Gasteiger partial charge in [-0.1, -0.05) is 330 Å². The number of aliphatic hydroxyl groups excluding tert-OH is 1. The molecule has 0 aliphatic rings. The highest BCUT2D eigenvalue weighted by Gasteiger charge is 2.30. The largest absolute Gasteiger partial charge is 0.472 e. The van der Waals surface area contributed by atoms with Crippen molar-refractivity contribution in [2.45, 2.75) is 400 Å². The van der Waals surface area contributed by atoms with Gasteiger partial charge in [-0.05, 0) is 37.5 Å². The van der Waals surface area contributed by atoms with Crippen molar-refractivity contribution in [3.05, 3.63) is 0 Å². The molecule has 93 heavy (non-hydrogen) atoms. The van der Waals surface area contributed by atoms with Crippen molar-refractivity contribution >= 4 is 39.5 Å². The van der Waals surface area contributed by atoms with Gasteiger partial charge in [0.2, 0.25) is 0 Å². The topological polar surface area (TPSA) is 237 Å². The van der Waals surface area contributed by atoms with Gasteiger partial charge in [0, 0.05) is 25.7 Å². The summed E-state index contributed by atoms with van der Waals surface area (Å²) in [5.74, 6) is -0.699. The third-order valence-corrected chi connectivity index (χ3v) is 19.1. The Hall–Kier alpha value is -1.94. The fraction of sp³-hybridized carbons (Fsp3) is 0.946. The van der Waals surface area contributed by atoms with Crippen molar-refractivity contribution in [3.8, 4) is 0 Å². The minimum atomic E-state index is -4.95. The minimum Gasteiger partial charge on any atom is -0.462 e. The van der Waals surface area contributed by atoms with Gasteiger partial charge in [0.25, 0.3) is 0 Å². The monoisotopic (exact) mass is 1370 g/mol. The normalized spacial score (nSPS) is 14.1. The summed E-state index contributed by atoms with van der Waals surface area (Å²) in [6.45, 7) is 9.47. The van der Waals surface area contributed by atoms with Crippen LogP contribution in [0.2, 0.25) is 0 Å². The Morgan fingerprint density at radius 3 is 0.731 bits per heavy atom. The van der Waals surface area contributed by atoms with E-state index in [1.54, 1.807) is 0 Å². The number of ether oxygens (including phenoxy) is 4. The number of carbonyl (C=O) groups excluding carboxylic acids is 4. The molecule has 0 aromatic rings. The van der Waals surface area contributed by atoms with E-state index in [1.807, 2.05) is 0 Å². The van der Waals surface area contributed by atoms with E-state index in [0.717, 1.165) is 102 Å². The van der Waals surface area contributed by atoms with Crippen LogP contribution in [0.1, 0.15) is 382 Å². The molecule has 0 saturated heterocycles. The highest BCUT2D eigenvalue weighted by atomic mass is 31.2. The average molecular weight is 1370 g/mol. The van der Waals surface area contributed by atoms with Gasteiger partial charge in [-0.3, -0.25) is 37.3 Å². The summed E-state index contributed by atoms with van der Waals surface area (Å²) in [6, 6.07) is 0. The van der Waals surface area contributed by atoms with Crippen LogP contribution >= 0.6 is 15.6 Å². The molecule has 0 aliphatic heterocycles. The molecule has 0 rings (SSSR count). The van der Waals surface area contributed by atoms with Crippen LogP contribution in [0.15, 0.2) is 0 Å². The van der Waals surface area contributed by atoms with E-state index in [2.05, 4.69) is 41.5 Å². The second kappa shape index (κ2) is 66.0. The number of hydrogen-bond donors (Lipinski definition) is 3. The number of carbonyl (C=O) groups is 4. The standard InChI is InChI=1S/C74H144O17P2/c1-7-9-11-13-15-17-19-20-21-22-23-24-25-26-27-28-30-34-39-47-53-59-74(79)90-69(62-84-71(76)56-50-44-37-35-31-32-36-42-48-54-66(3)4)64-88-92(80,81)86-60-68(75)61-87-93(82,83)89-65-70(63-85-72(77)57-51-45-41-40-43-49-55-67(5)6)91-73(78)58-52-46-38-33-29-18-16-14-12-10-8-2/h66-70,75H,7-65H2,1-6H3,(H,80,81)(H,82,83)/t68-,69-,70-/m1/s1. The molecule has 0 aromatic heterocycles. The lowest BCUT2D eigenvalue weighted by Gasteiger charge is -2.21. The van der Waals surface area contributed by atoms with Crippen LogP contribution in [0.4, 0.5) is 0 Å². The molecular formula is C74H144O17P2. The van der Waals surface area contributed by atoms with Gasteiger partial charge in [0.1, 0.15) is 19.3 Å². The predicted octanol–water partition coefficient (Wildman–Crippen LogP) is 21.6. The zero-order valence-electron chi connectivity index (χ0n) is 60.6. The minimum absolute atomic E-state index is 0.106. The van der Waals surface area contributed by atoms with Crippen LogP contribution < -0.4 is 0 Å². The summed E-state index contributed by atoms with van der Waals surface area (Å²) >= 11 is 0. The maximum absolute atomic E-state index is 13.1. The van der Waals surface area contributed by atoms with E-state index in [0.29, 0.717) is 31.6 Å². The SMILES string of the molecule is CCCCCCCCCCCCCCCCCCCCCCCC(=O)O[C@H](COC(=O)CCCCCCCCCCCC(C)C)COP(=O)(O)OC[C@@H](O)COP(=O)(O)OC[C@@H](COC(=O)CCCCCCCCC(C)C)OC(=O)CCCCCCCCCCCCC. The van der Waals surface area contributed by atoms with Gasteiger partial charge in [0.15, 0.2) is 12.2 Å². The van der Waals surface area contributed by atoms with Crippen LogP contribution in [-0.4, -0.2) is 96.7 Å². The number of unbranched alkanes of at least 4 members (excludes halogenated alkanes) is 43. The molecule has 0 spiro atoms. The van der Waals surface area contributed by atoms with Crippen LogP contribution in [-0.2, 0) is 65.4 Å². The van der Waals surface area contributed by atoms with Crippen molar-refractivity contribution < 1.29 is 80.2 Å². The Kier molecular flexibility index (Phi) is 64.6. The number of hydrogen-bond acceptors (Lipinski definition) is 15. The summed E-state index contributed by atoms with van der Waals surface area (Å²) < 4.78 is 68.4. The van der Waals surface area contributed by atoms with E-state index in [-0.39, 0.29) is 25.7 Å². The number of rotatable bonds is 73. The Labute approximate surface area is 568 Å². The van der Waals surface area contributed by atoms with Crippen molar-refractivity contribution in [1.29, 1.82) is 0 Å². The van der Waals surface area contributed by atoms with Crippen LogP contribution in [0.25, 0.3) is 0 Å². The zero-order valence-corrected chi connectivity index (χ0v) is 62.3. The second-order valence-corrected chi connectivity index (χ2v) is 30.5. The van der Waals surface area contributed by atoms with Crippen LogP contribution in [0, 0.1) is 11.8 Å². The third-order valence-electron chi connectivity index (χ3n) is 17.2. The summed E-state index contributed by atoms with van der Waals surface area (Å²) in [6.07, 6.45) is 53.0. The molecule has 2 unspecified atom stereocenters. The Balaban J connectivity index is 5.17. The number of aliphatic hydroxyl groups is 1. The average Bonchev–Trinajstić information content (AvgIpc) is 1.51. The van der Waals surface area contributed by atoms with Gasteiger partial charge in [0.05, 0.1) is 26.4 Å². The molecule has 3 N–H and O–H groups in total. The van der Waals surface area contributed by atoms with Gasteiger partial charge >= 0.3 is 39.5 Å². The van der Waals surface area contributed by atoms with E-state index in [1.165, 1.54) is 193 Å². The summed E-state index contributed by atoms with van der Waals surface area (Å²) in [4.78, 5) is 72.6. The lowest BCUT2D eigenvalue weighted by molar-refractivity contribution is -0.161. The molecule has 0 aliphatic carbocycles. The predicted molar refractivity (Wildman–Crippen MR) is 377 cm³/mol. The molecule has 0 saturated carbocycles. The molecule has 0 fully saturated rings. The first-order valence-electron chi connectivity index (χ1n) is 38.5. The van der Waals surface area contributed by atoms with Crippen molar-refractivity contribution in [2.75, 3.05) is 39.6 Å². The van der Waals surface area contributed by atoms with E-state index >= 15 is 0 Å². The molecule has 552 valence electrons. The summed E-state index contributed by atoms with van der Waals surface area (Å²) in [5.41, 5.74) is 0. The quantitative estimate of drug-likeness (QED) is 0.0222. The highest BCUT2D eigenvalue weighted by Crippen LogP contribution is 2.45. The molecule has 0 bridgehead atoms. The first-order chi connectivity index (χ1) is 44.9. The van der Waals surface area contributed by atoms with E-state index < -0.39 is 97.5 Å². The van der Waals surface area contributed by atoms with Gasteiger partial charge in [-0.15, -0.1) is 0 Å². The number of phosphoric acid groups is 2. The molecule has 0 radical (unpaired) electrons. The van der Waals surface area contributed by atoms with Gasteiger partial charge in [-0.2, -0.15) is 0 Å². The second-order valence-electron chi connectivity index (χ2n) is 27.6. The van der Waals surface area contributed by atoms with Gasteiger partial charge < -0.3 is 33.8 Å². The van der Waals surface area contributed by atoms with Crippen molar-refractivity contribution in [1.82, 2.24) is 0 Å². The number of esters is 4. The van der Waals surface area contributed by atoms with E-state index in [9.17, 15) is 43.2 Å². The maximum Gasteiger partial charge on any atom is 0.472 e. The lowest BCUT2D eigenvalue weighted by atomic mass is 10.0. The van der Waals surface area contributed by atoms with Gasteiger partial charge in [-0.25, -0.2) is 9.13 Å². The Bertz CT molecular complexity index is 1800. The Morgan fingerprint density at radius 2 is 0.495 bits per heavy atom. The molecule has 5 atom stereocenters. The molecule has 19 heteroatoms. The molecule has 0 heterocycles. The molecule has 0 amide bonds. The summed E-state index contributed by atoms with van der Waals surface area (Å²) in [5, 5.41) is 10.6. The smallest absolute Gasteiger partial charge is 0.462 e. The zero-order chi connectivity index (χ0) is 68.6. The van der Waals surface area contributed by atoms with Crippen molar-refractivity contribution in [3.63, 3.8) is 0 Å². The first kappa shape index (κ1) is 91.1. The van der Waals surface area contributed by atoms with Crippen LogP contribution in [0.5, 0.6) is 0 Å². The maximum atomic E-state index is 13.1. The molecule has 0 aromatic carbocycles. The Morgan fingerprint density at radius 1 is 0.290 bits per heavy atom. The van der Waals surface area contributed by atoms with E-state index in [4.69, 9.17) is 37.0 Å². The fourth-order valence-corrected chi connectivity index (χ4v) is 12.9. The third kappa shape index (κ3) is 68.4. The first-order valence-corrected chi connectivity index (χ1v) is 41.5.